The van der Waals surface area contributed by atoms with E-state index in [9.17, 15) is 14.0 Å². The molecule has 0 saturated heterocycles. The smallest absolute Gasteiger partial charge is 0.258 e. The van der Waals surface area contributed by atoms with Gasteiger partial charge in [-0.1, -0.05) is 25.1 Å². The minimum Gasteiger partial charge on any atom is -0.315 e. The highest BCUT2D eigenvalue weighted by molar-refractivity contribution is 5.86. The van der Waals surface area contributed by atoms with Crippen LogP contribution >= 0.6 is 0 Å². The summed E-state index contributed by atoms with van der Waals surface area (Å²) in [6, 6.07) is 13.0. The van der Waals surface area contributed by atoms with Crippen LogP contribution in [0.3, 0.4) is 0 Å². The van der Waals surface area contributed by atoms with Crippen LogP contribution in [0.1, 0.15) is 38.2 Å². The maximum absolute atomic E-state index is 14.8. The number of nitrogens with one attached hydrogen (secondary N) is 2. The molecule has 1 atom stereocenters. The van der Waals surface area contributed by atoms with Gasteiger partial charge in [0.1, 0.15) is 5.82 Å². The first-order valence-corrected chi connectivity index (χ1v) is 11.1. The Hall–Kier alpha value is -3.03. The fraction of sp³-hybridized carbons (Fsp3) is 0.360. The highest BCUT2D eigenvalue weighted by Crippen LogP contribution is 2.27. The van der Waals surface area contributed by atoms with E-state index in [1.165, 1.54) is 12.8 Å². The zero-order chi connectivity index (χ0) is 22.7. The van der Waals surface area contributed by atoms with E-state index in [1.54, 1.807) is 40.5 Å². The molecule has 4 rings (SSSR count). The Bertz CT molecular complexity index is 1190. The van der Waals surface area contributed by atoms with Gasteiger partial charge in [0.2, 0.25) is 5.91 Å². The van der Waals surface area contributed by atoms with Crippen LogP contribution in [-0.4, -0.2) is 21.7 Å². The van der Waals surface area contributed by atoms with Crippen molar-refractivity contribution >= 4 is 16.7 Å². The number of hydrogen-bond donors (Lipinski definition) is 3. The number of carbonyl (C=O) groups excluding carboxylic acids is 1. The highest BCUT2D eigenvalue weighted by atomic mass is 19.1. The topological polar surface area (TPSA) is 83.4 Å². The van der Waals surface area contributed by atoms with E-state index in [0.717, 1.165) is 16.5 Å². The first-order chi connectivity index (χ1) is 15.5. The molecule has 168 valence electrons. The molecule has 1 aliphatic carbocycles. The average Bonchev–Trinajstić information content (AvgIpc) is 3.63. The number of nitrogens with zero attached hydrogens (tertiary/aromatic N) is 1. The summed E-state index contributed by atoms with van der Waals surface area (Å²) in [5.74, 6) is -1.08. The van der Waals surface area contributed by atoms with Crippen LogP contribution in [-0.2, 0) is 17.9 Å². The molecule has 0 unspecified atom stereocenters. The van der Waals surface area contributed by atoms with Crippen molar-refractivity contribution in [1.29, 1.82) is 0 Å². The molecule has 0 bridgehead atoms. The van der Waals surface area contributed by atoms with Gasteiger partial charge in [0.15, 0.2) is 0 Å². The van der Waals surface area contributed by atoms with Gasteiger partial charge in [-0.05, 0) is 66.5 Å². The SMILES string of the molecule is CC[C@H](CCn1ccc2cc(-c3ccc(CNC4CC4)cc3F)ccc2c1=O)C(=O)NO. The number of hydroxylamine groups is 1. The lowest BCUT2D eigenvalue weighted by Gasteiger charge is -2.14. The molecular weight excluding hydrogens is 409 g/mol. The normalized spacial score (nSPS) is 14.5. The molecule has 6 nitrogen and oxygen atoms in total. The maximum Gasteiger partial charge on any atom is 0.258 e. The Morgan fingerprint density at radius 2 is 2.03 bits per heavy atom. The Kier molecular flexibility index (Phi) is 6.67. The van der Waals surface area contributed by atoms with Crippen LogP contribution in [0.4, 0.5) is 4.39 Å². The van der Waals surface area contributed by atoms with Gasteiger partial charge in [-0.3, -0.25) is 14.8 Å². The lowest BCUT2D eigenvalue weighted by atomic mass is 10.00. The zero-order valence-corrected chi connectivity index (χ0v) is 18.1. The van der Waals surface area contributed by atoms with E-state index in [-0.39, 0.29) is 17.3 Å². The quantitative estimate of drug-likeness (QED) is 0.349. The monoisotopic (exact) mass is 437 g/mol. The van der Waals surface area contributed by atoms with Crippen molar-refractivity contribution in [3.8, 4) is 11.1 Å². The Morgan fingerprint density at radius 3 is 2.72 bits per heavy atom. The summed E-state index contributed by atoms with van der Waals surface area (Å²) in [6.45, 7) is 2.89. The molecule has 2 aromatic carbocycles. The van der Waals surface area contributed by atoms with E-state index < -0.39 is 5.91 Å². The molecule has 0 radical (unpaired) electrons. The first kappa shape index (κ1) is 22.2. The number of amides is 1. The summed E-state index contributed by atoms with van der Waals surface area (Å²) < 4.78 is 16.3. The van der Waals surface area contributed by atoms with Crippen molar-refractivity contribution in [2.45, 2.75) is 51.7 Å². The number of carbonyl (C=O) groups is 1. The minimum atomic E-state index is -0.442. The fourth-order valence-corrected chi connectivity index (χ4v) is 3.99. The van der Waals surface area contributed by atoms with Gasteiger partial charge >= 0.3 is 0 Å². The number of fused-ring (bicyclic) bond motifs is 1. The average molecular weight is 438 g/mol. The van der Waals surface area contributed by atoms with Crippen molar-refractivity contribution in [3.05, 3.63) is 70.4 Å². The summed E-state index contributed by atoms with van der Waals surface area (Å²) in [4.78, 5) is 24.6. The molecule has 1 amide bonds. The van der Waals surface area contributed by atoms with Crippen molar-refractivity contribution in [2.24, 2.45) is 5.92 Å². The molecule has 32 heavy (non-hydrogen) atoms. The Morgan fingerprint density at radius 1 is 1.22 bits per heavy atom. The fourth-order valence-electron chi connectivity index (χ4n) is 3.99. The van der Waals surface area contributed by atoms with Crippen LogP contribution < -0.4 is 16.4 Å². The van der Waals surface area contributed by atoms with Crippen molar-refractivity contribution in [3.63, 3.8) is 0 Å². The molecule has 3 N–H and O–H groups in total. The second-order valence-electron chi connectivity index (χ2n) is 8.46. The van der Waals surface area contributed by atoms with Crippen molar-refractivity contribution in [2.75, 3.05) is 0 Å². The van der Waals surface area contributed by atoms with E-state index in [0.29, 0.717) is 42.9 Å². The molecule has 1 aliphatic rings. The number of aryl methyl sites for hydroxylation is 1. The predicted octanol–water partition coefficient (Wildman–Crippen LogP) is 3.98. The summed E-state index contributed by atoms with van der Waals surface area (Å²) in [5, 5.41) is 13.5. The van der Waals surface area contributed by atoms with Crippen molar-refractivity contribution < 1.29 is 14.4 Å². The van der Waals surface area contributed by atoms with Crippen LogP contribution in [0.15, 0.2) is 53.5 Å². The third kappa shape index (κ3) is 4.89. The number of hydrogen-bond acceptors (Lipinski definition) is 4. The number of halogens is 1. The zero-order valence-electron chi connectivity index (χ0n) is 18.1. The van der Waals surface area contributed by atoms with Gasteiger partial charge in [0, 0.05) is 42.2 Å². The lowest BCUT2D eigenvalue weighted by Crippen LogP contribution is -2.29. The molecule has 1 fully saturated rings. The summed E-state index contributed by atoms with van der Waals surface area (Å²) in [7, 11) is 0. The molecule has 1 aromatic heterocycles. The number of benzene rings is 2. The van der Waals surface area contributed by atoms with Crippen LogP contribution in [0.2, 0.25) is 0 Å². The Labute approximate surface area is 186 Å². The molecule has 3 aromatic rings. The second-order valence-corrected chi connectivity index (χ2v) is 8.46. The standard InChI is InChI=1S/C25H28FN3O3/c1-2-17(24(30)28-32)9-11-29-12-10-19-14-18(4-8-22(19)25(29)31)21-7-3-16(13-23(21)26)15-27-20-5-6-20/h3-4,7-8,10,12-14,17,20,27,32H,2,5-6,9,11,15H2,1H3,(H,28,30)/t17-/m1/s1. The van der Waals surface area contributed by atoms with E-state index in [2.05, 4.69) is 5.32 Å². The largest absolute Gasteiger partial charge is 0.315 e. The maximum atomic E-state index is 14.8. The van der Waals surface area contributed by atoms with Crippen molar-refractivity contribution in [1.82, 2.24) is 15.4 Å². The summed E-state index contributed by atoms with van der Waals surface area (Å²) in [5.41, 5.74) is 3.67. The van der Waals surface area contributed by atoms with Crippen LogP contribution in [0.25, 0.3) is 21.9 Å². The third-order valence-electron chi connectivity index (χ3n) is 6.19. The number of rotatable bonds is 9. The molecule has 1 saturated carbocycles. The van der Waals surface area contributed by atoms with Crippen LogP contribution in [0.5, 0.6) is 0 Å². The van der Waals surface area contributed by atoms with Gasteiger partial charge in [-0.15, -0.1) is 0 Å². The van der Waals surface area contributed by atoms with Gasteiger partial charge in [-0.2, -0.15) is 0 Å². The second kappa shape index (κ2) is 9.63. The molecule has 0 aliphatic heterocycles. The first-order valence-electron chi connectivity index (χ1n) is 11.1. The lowest BCUT2D eigenvalue weighted by molar-refractivity contribution is -0.133. The molecule has 0 spiro atoms. The van der Waals surface area contributed by atoms with E-state index >= 15 is 0 Å². The third-order valence-corrected chi connectivity index (χ3v) is 6.19. The summed E-state index contributed by atoms with van der Waals surface area (Å²) in [6.07, 6.45) is 5.09. The number of pyridine rings is 1. The predicted molar refractivity (Wildman–Crippen MR) is 122 cm³/mol. The minimum absolute atomic E-state index is 0.157. The molecular formula is C25H28FN3O3. The number of aromatic nitrogens is 1. The van der Waals surface area contributed by atoms with Crippen LogP contribution in [0, 0.1) is 11.7 Å². The molecule has 1 heterocycles. The van der Waals surface area contributed by atoms with Gasteiger partial charge < -0.3 is 9.88 Å². The van der Waals surface area contributed by atoms with Gasteiger partial charge in [0.05, 0.1) is 0 Å². The highest BCUT2D eigenvalue weighted by Gasteiger charge is 2.20. The molecule has 7 heteroatoms. The van der Waals surface area contributed by atoms with Gasteiger partial charge in [-0.25, -0.2) is 9.87 Å². The Balaban J connectivity index is 1.54. The van der Waals surface area contributed by atoms with E-state index in [1.807, 2.05) is 25.1 Å². The summed E-state index contributed by atoms with van der Waals surface area (Å²) >= 11 is 0. The van der Waals surface area contributed by atoms with Gasteiger partial charge in [0.25, 0.3) is 5.56 Å². The van der Waals surface area contributed by atoms with E-state index in [4.69, 9.17) is 5.21 Å².